The maximum Gasteiger partial charge on any atom is 0.131 e. The Bertz CT molecular complexity index is 253. The highest BCUT2D eigenvalue weighted by Gasteiger charge is 2.21. The number of Topliss-reactive ketones (excluding diaryl/α,β-unsaturated/α-hetero) is 1. The fourth-order valence-corrected chi connectivity index (χ4v) is 2.34. The van der Waals surface area contributed by atoms with Crippen LogP contribution in [0, 0.1) is 0 Å². The van der Waals surface area contributed by atoms with E-state index in [1.54, 1.807) is 6.92 Å². The van der Waals surface area contributed by atoms with Crippen LogP contribution in [0.2, 0.25) is 0 Å². The zero-order valence-electron chi connectivity index (χ0n) is 11.0. The van der Waals surface area contributed by atoms with Gasteiger partial charge in [-0.05, 0) is 40.2 Å². The molecule has 2 nitrogen and oxygen atoms in total. The molecule has 16 heavy (non-hydrogen) atoms. The molecule has 1 saturated heterocycles. The lowest BCUT2D eigenvalue weighted by Gasteiger charge is -2.28. The van der Waals surface area contributed by atoms with Gasteiger partial charge in [-0.2, -0.15) is 0 Å². The van der Waals surface area contributed by atoms with Crippen molar-refractivity contribution in [1.29, 1.82) is 0 Å². The Kier molecular flexibility index (Phi) is 5.75. The third-order valence-electron chi connectivity index (χ3n) is 3.26. The van der Waals surface area contributed by atoms with Crippen LogP contribution in [-0.2, 0) is 4.79 Å². The molecule has 1 aliphatic rings. The molecule has 0 saturated carbocycles. The molecule has 0 radical (unpaired) electrons. The van der Waals surface area contributed by atoms with Gasteiger partial charge in [-0.15, -0.1) is 0 Å². The average molecular weight is 223 g/mol. The molecule has 1 atom stereocenters. The molecular formula is C14H25NO. The van der Waals surface area contributed by atoms with Crippen molar-refractivity contribution in [2.24, 2.45) is 0 Å². The van der Waals surface area contributed by atoms with Crippen molar-refractivity contribution in [2.75, 3.05) is 13.1 Å². The van der Waals surface area contributed by atoms with Crippen molar-refractivity contribution < 1.29 is 4.79 Å². The molecule has 0 aromatic heterocycles. The van der Waals surface area contributed by atoms with E-state index in [2.05, 4.69) is 24.8 Å². The molecule has 1 aliphatic heterocycles. The van der Waals surface area contributed by atoms with E-state index in [0.29, 0.717) is 11.8 Å². The number of allylic oxidation sites excluding steroid dienone is 1. The van der Waals surface area contributed by atoms with Crippen molar-refractivity contribution >= 4 is 5.78 Å². The van der Waals surface area contributed by atoms with E-state index in [9.17, 15) is 4.79 Å². The fraction of sp³-hybridized carbons (Fsp3) is 0.786. The first-order chi connectivity index (χ1) is 7.59. The van der Waals surface area contributed by atoms with Crippen LogP contribution in [0.25, 0.3) is 0 Å². The van der Waals surface area contributed by atoms with E-state index in [0.717, 1.165) is 19.5 Å². The maximum atomic E-state index is 11.3. The van der Waals surface area contributed by atoms with Gasteiger partial charge in [-0.25, -0.2) is 0 Å². The third kappa shape index (κ3) is 4.93. The smallest absolute Gasteiger partial charge is 0.131 e. The van der Waals surface area contributed by atoms with Gasteiger partial charge in [-0.1, -0.05) is 24.5 Å². The second-order valence-electron chi connectivity index (χ2n) is 5.19. The molecule has 0 amide bonds. The second kappa shape index (κ2) is 6.85. The highest BCUT2D eigenvalue weighted by Crippen LogP contribution is 2.19. The van der Waals surface area contributed by atoms with Crippen molar-refractivity contribution in [2.45, 2.75) is 58.9 Å². The van der Waals surface area contributed by atoms with Gasteiger partial charge in [0.15, 0.2) is 0 Å². The molecule has 0 aromatic carbocycles. The van der Waals surface area contributed by atoms with Crippen LogP contribution in [0.1, 0.15) is 52.9 Å². The summed E-state index contributed by atoms with van der Waals surface area (Å²) in [7, 11) is 0. The zero-order valence-corrected chi connectivity index (χ0v) is 11.0. The molecule has 0 aromatic rings. The predicted octanol–water partition coefficient (Wildman–Crippen LogP) is 3.18. The minimum Gasteiger partial charge on any atom is -0.300 e. The number of carbonyl (C=O) groups is 1. The molecule has 1 unspecified atom stereocenters. The number of ketones is 1. The third-order valence-corrected chi connectivity index (χ3v) is 3.26. The van der Waals surface area contributed by atoms with Crippen molar-refractivity contribution in [1.82, 2.24) is 4.90 Å². The van der Waals surface area contributed by atoms with Crippen LogP contribution in [0.4, 0.5) is 0 Å². The van der Waals surface area contributed by atoms with E-state index in [1.807, 2.05) is 0 Å². The monoisotopic (exact) mass is 223 g/mol. The lowest BCUT2D eigenvalue weighted by Crippen LogP contribution is -2.36. The minimum atomic E-state index is 0.328. The number of carbonyl (C=O) groups excluding carboxylic acids is 1. The molecule has 1 heterocycles. The normalized spacial score (nSPS) is 22.6. The predicted molar refractivity (Wildman–Crippen MR) is 68.6 cm³/mol. The summed E-state index contributed by atoms with van der Waals surface area (Å²) >= 11 is 0. The highest BCUT2D eigenvalue weighted by atomic mass is 16.1. The number of hydrogen-bond acceptors (Lipinski definition) is 2. The summed E-state index contributed by atoms with van der Waals surface area (Å²) < 4.78 is 0. The topological polar surface area (TPSA) is 20.3 Å². The molecule has 2 heteroatoms. The van der Waals surface area contributed by atoms with Gasteiger partial charge in [0.1, 0.15) is 5.78 Å². The van der Waals surface area contributed by atoms with Gasteiger partial charge >= 0.3 is 0 Å². The van der Waals surface area contributed by atoms with Crippen LogP contribution >= 0.6 is 0 Å². The molecule has 0 spiro atoms. The van der Waals surface area contributed by atoms with Crippen molar-refractivity contribution in [3.63, 3.8) is 0 Å². The molecule has 0 bridgehead atoms. The summed E-state index contributed by atoms with van der Waals surface area (Å²) in [6.45, 7) is 8.15. The Labute approximate surface area is 99.7 Å². The number of nitrogens with zero attached hydrogens (tertiary/aromatic N) is 1. The van der Waals surface area contributed by atoms with E-state index in [4.69, 9.17) is 0 Å². The molecule has 0 aliphatic carbocycles. The largest absolute Gasteiger partial charge is 0.300 e. The summed E-state index contributed by atoms with van der Waals surface area (Å²) in [5, 5.41) is 0. The van der Waals surface area contributed by atoms with E-state index in [1.165, 1.54) is 31.3 Å². The quantitative estimate of drug-likeness (QED) is 0.682. The fourth-order valence-electron chi connectivity index (χ4n) is 2.34. The first-order valence-electron chi connectivity index (χ1n) is 6.46. The Hall–Kier alpha value is -0.630. The summed E-state index contributed by atoms with van der Waals surface area (Å²) in [6, 6.07) is 0.482. The van der Waals surface area contributed by atoms with Crippen LogP contribution in [-0.4, -0.2) is 29.8 Å². The molecule has 1 fully saturated rings. The van der Waals surface area contributed by atoms with E-state index < -0.39 is 0 Å². The SMILES string of the molecule is CC(=O)CC1CCCCCN1CC=C(C)C. The van der Waals surface area contributed by atoms with E-state index in [-0.39, 0.29) is 0 Å². The Balaban J connectivity index is 2.58. The Morgan fingerprint density at radius 1 is 1.25 bits per heavy atom. The van der Waals surface area contributed by atoms with Gasteiger partial charge in [0.05, 0.1) is 0 Å². The molecular weight excluding hydrogens is 198 g/mol. The number of rotatable bonds is 4. The average Bonchev–Trinajstić information content (AvgIpc) is 2.39. The number of hydrogen-bond donors (Lipinski definition) is 0. The van der Waals surface area contributed by atoms with Crippen LogP contribution in [0.15, 0.2) is 11.6 Å². The van der Waals surface area contributed by atoms with Gasteiger partial charge in [0.25, 0.3) is 0 Å². The summed E-state index contributed by atoms with van der Waals surface area (Å²) in [5.41, 5.74) is 1.37. The summed E-state index contributed by atoms with van der Waals surface area (Å²) in [6.07, 6.45) is 8.08. The second-order valence-corrected chi connectivity index (χ2v) is 5.19. The van der Waals surface area contributed by atoms with Crippen LogP contribution < -0.4 is 0 Å². The van der Waals surface area contributed by atoms with Crippen LogP contribution in [0.5, 0.6) is 0 Å². The van der Waals surface area contributed by atoms with Gasteiger partial charge in [0, 0.05) is 19.0 Å². The molecule has 0 N–H and O–H groups in total. The molecule has 1 rings (SSSR count). The lowest BCUT2D eigenvalue weighted by molar-refractivity contribution is -0.118. The first-order valence-corrected chi connectivity index (χ1v) is 6.46. The zero-order chi connectivity index (χ0) is 12.0. The molecule has 92 valence electrons. The van der Waals surface area contributed by atoms with Crippen molar-refractivity contribution in [3.8, 4) is 0 Å². The Morgan fingerprint density at radius 3 is 2.62 bits per heavy atom. The maximum absolute atomic E-state index is 11.3. The van der Waals surface area contributed by atoms with Gasteiger partial charge < -0.3 is 0 Å². The summed E-state index contributed by atoms with van der Waals surface area (Å²) in [5.74, 6) is 0.328. The van der Waals surface area contributed by atoms with Crippen LogP contribution in [0.3, 0.4) is 0 Å². The van der Waals surface area contributed by atoms with E-state index >= 15 is 0 Å². The van der Waals surface area contributed by atoms with Crippen molar-refractivity contribution in [3.05, 3.63) is 11.6 Å². The number of likely N-dealkylation sites (tertiary alicyclic amines) is 1. The van der Waals surface area contributed by atoms with Gasteiger partial charge in [-0.3, -0.25) is 9.69 Å². The standard InChI is InChI=1S/C14H25NO/c1-12(2)8-10-15-9-6-4-5-7-14(15)11-13(3)16/h8,14H,4-7,9-11H2,1-3H3. The van der Waals surface area contributed by atoms with Gasteiger partial charge in [0.2, 0.25) is 0 Å². The minimum absolute atomic E-state index is 0.328. The lowest BCUT2D eigenvalue weighted by atomic mass is 10.0. The Morgan fingerprint density at radius 2 is 2.00 bits per heavy atom. The summed E-state index contributed by atoms with van der Waals surface area (Å²) in [4.78, 5) is 13.8. The first kappa shape index (κ1) is 13.4. The highest BCUT2D eigenvalue weighted by molar-refractivity contribution is 5.76.